The number of hydrogen-bond acceptors (Lipinski definition) is 2. The van der Waals surface area contributed by atoms with E-state index in [1.54, 1.807) is 13.2 Å². The molecule has 0 bridgehead atoms. The minimum absolute atomic E-state index is 0.191. The van der Waals surface area contributed by atoms with Crippen molar-refractivity contribution in [1.82, 2.24) is 5.32 Å². The molecule has 0 aliphatic heterocycles. The van der Waals surface area contributed by atoms with Crippen molar-refractivity contribution in [3.05, 3.63) is 29.6 Å². The molecule has 0 aromatic heterocycles. The van der Waals surface area contributed by atoms with Crippen LogP contribution in [-0.2, 0) is 6.54 Å². The molecule has 0 amide bonds. The maximum Gasteiger partial charge on any atom is 0.131 e. The number of hydrogen-bond donors (Lipinski definition) is 1. The van der Waals surface area contributed by atoms with Gasteiger partial charge < -0.3 is 10.1 Å². The first-order chi connectivity index (χ1) is 9.69. The summed E-state index contributed by atoms with van der Waals surface area (Å²) in [7, 11) is 1.55. The summed E-state index contributed by atoms with van der Waals surface area (Å²) < 4.78 is 18.7. The largest absolute Gasteiger partial charge is 0.497 e. The van der Waals surface area contributed by atoms with Crippen molar-refractivity contribution in [3.63, 3.8) is 0 Å². The number of rotatable bonds is 6. The maximum atomic E-state index is 13.7. The first-order valence-corrected chi connectivity index (χ1v) is 7.72. The second-order valence-corrected chi connectivity index (χ2v) is 6.05. The first-order valence-electron chi connectivity index (χ1n) is 7.72. The van der Waals surface area contributed by atoms with Gasteiger partial charge in [0.1, 0.15) is 11.6 Å². The van der Waals surface area contributed by atoms with Crippen LogP contribution in [0.2, 0.25) is 0 Å². The van der Waals surface area contributed by atoms with E-state index in [9.17, 15) is 4.39 Å². The molecule has 20 heavy (non-hydrogen) atoms. The fourth-order valence-electron chi connectivity index (χ4n) is 2.95. The van der Waals surface area contributed by atoms with E-state index in [-0.39, 0.29) is 5.82 Å². The molecule has 1 saturated carbocycles. The van der Waals surface area contributed by atoms with Crippen LogP contribution in [0, 0.1) is 17.7 Å². The molecule has 1 aromatic rings. The number of ether oxygens (including phenoxy) is 1. The molecular weight excluding hydrogens is 253 g/mol. The molecule has 0 heterocycles. The molecule has 1 aliphatic rings. The van der Waals surface area contributed by atoms with Crippen LogP contribution in [0.5, 0.6) is 5.75 Å². The third kappa shape index (κ3) is 4.48. The number of benzene rings is 1. The predicted octanol–water partition coefficient (Wildman–Crippen LogP) is 4.14. The van der Waals surface area contributed by atoms with Crippen molar-refractivity contribution < 1.29 is 9.13 Å². The molecule has 1 fully saturated rings. The van der Waals surface area contributed by atoms with E-state index >= 15 is 0 Å². The summed E-state index contributed by atoms with van der Waals surface area (Å²) in [4.78, 5) is 0. The average molecular weight is 279 g/mol. The Bertz CT molecular complexity index is 413. The Kier molecular flexibility index (Phi) is 5.84. The summed E-state index contributed by atoms with van der Waals surface area (Å²) >= 11 is 0. The monoisotopic (exact) mass is 279 g/mol. The van der Waals surface area contributed by atoms with Crippen molar-refractivity contribution in [2.45, 2.75) is 45.6 Å². The molecule has 112 valence electrons. The Morgan fingerprint density at radius 1 is 1.25 bits per heavy atom. The Morgan fingerprint density at radius 2 is 2.00 bits per heavy atom. The highest BCUT2D eigenvalue weighted by Crippen LogP contribution is 2.29. The van der Waals surface area contributed by atoms with Crippen LogP contribution in [0.1, 0.15) is 44.6 Å². The summed E-state index contributed by atoms with van der Waals surface area (Å²) in [6.07, 6.45) is 6.68. The van der Waals surface area contributed by atoms with Gasteiger partial charge in [0.2, 0.25) is 0 Å². The minimum atomic E-state index is -0.191. The fourth-order valence-corrected chi connectivity index (χ4v) is 2.95. The van der Waals surface area contributed by atoms with Gasteiger partial charge >= 0.3 is 0 Å². The summed E-state index contributed by atoms with van der Waals surface area (Å²) in [5, 5.41) is 3.36. The predicted molar refractivity (Wildman–Crippen MR) is 80.4 cm³/mol. The van der Waals surface area contributed by atoms with Crippen molar-refractivity contribution in [1.29, 1.82) is 0 Å². The fraction of sp³-hybridized carbons (Fsp3) is 0.647. The average Bonchev–Trinajstić information content (AvgIpc) is 2.46. The Labute approximate surface area is 121 Å². The maximum absolute atomic E-state index is 13.7. The third-order valence-corrected chi connectivity index (χ3v) is 4.44. The highest BCUT2D eigenvalue weighted by atomic mass is 19.1. The van der Waals surface area contributed by atoms with Crippen LogP contribution in [0.25, 0.3) is 0 Å². The van der Waals surface area contributed by atoms with E-state index in [4.69, 9.17) is 4.74 Å². The van der Waals surface area contributed by atoms with Gasteiger partial charge in [0.15, 0.2) is 0 Å². The zero-order valence-electron chi connectivity index (χ0n) is 12.6. The Balaban J connectivity index is 1.68. The highest BCUT2D eigenvalue weighted by molar-refractivity contribution is 5.28. The smallest absolute Gasteiger partial charge is 0.131 e. The first kappa shape index (κ1) is 15.3. The van der Waals surface area contributed by atoms with E-state index in [0.29, 0.717) is 17.9 Å². The van der Waals surface area contributed by atoms with Gasteiger partial charge in [0, 0.05) is 18.2 Å². The van der Waals surface area contributed by atoms with Crippen LogP contribution in [-0.4, -0.2) is 13.7 Å². The van der Waals surface area contributed by atoms with Crippen LogP contribution in [0.4, 0.5) is 4.39 Å². The molecule has 0 atom stereocenters. The molecule has 0 saturated heterocycles. The second kappa shape index (κ2) is 7.63. The molecule has 0 spiro atoms. The molecule has 3 heteroatoms. The van der Waals surface area contributed by atoms with E-state index in [0.717, 1.165) is 18.4 Å². The number of halogens is 1. The number of nitrogens with one attached hydrogen (secondary N) is 1. The summed E-state index contributed by atoms with van der Waals surface area (Å²) in [5.74, 6) is 2.15. The lowest BCUT2D eigenvalue weighted by Crippen LogP contribution is -2.21. The molecule has 0 radical (unpaired) electrons. The van der Waals surface area contributed by atoms with Crippen LogP contribution in [0.15, 0.2) is 18.2 Å². The topological polar surface area (TPSA) is 21.3 Å². The normalized spacial score (nSPS) is 22.8. The molecule has 1 aliphatic carbocycles. The van der Waals surface area contributed by atoms with Crippen molar-refractivity contribution >= 4 is 0 Å². The summed E-state index contributed by atoms with van der Waals surface area (Å²) in [6, 6.07) is 5.05. The molecule has 1 N–H and O–H groups in total. The van der Waals surface area contributed by atoms with Crippen molar-refractivity contribution in [2.75, 3.05) is 13.7 Å². The Hall–Kier alpha value is -1.09. The van der Waals surface area contributed by atoms with Crippen LogP contribution < -0.4 is 10.1 Å². The lowest BCUT2D eigenvalue weighted by atomic mass is 9.81. The molecule has 2 rings (SSSR count). The van der Waals surface area contributed by atoms with Gasteiger partial charge in [-0.15, -0.1) is 0 Å². The van der Waals surface area contributed by atoms with E-state index < -0.39 is 0 Å². The van der Waals surface area contributed by atoms with E-state index in [1.165, 1.54) is 38.2 Å². The Morgan fingerprint density at radius 3 is 2.65 bits per heavy atom. The van der Waals surface area contributed by atoms with Crippen LogP contribution >= 0.6 is 0 Å². The lowest BCUT2D eigenvalue weighted by Gasteiger charge is -2.26. The summed E-state index contributed by atoms with van der Waals surface area (Å²) in [5.41, 5.74) is 0.711. The van der Waals surface area contributed by atoms with Gasteiger partial charge in [-0.3, -0.25) is 0 Å². The second-order valence-electron chi connectivity index (χ2n) is 6.05. The third-order valence-electron chi connectivity index (χ3n) is 4.44. The van der Waals surface area contributed by atoms with Gasteiger partial charge in [-0.25, -0.2) is 4.39 Å². The van der Waals surface area contributed by atoms with Gasteiger partial charge in [-0.1, -0.05) is 38.7 Å². The number of methoxy groups -OCH3 is 1. The molecule has 2 nitrogen and oxygen atoms in total. The van der Waals surface area contributed by atoms with E-state index in [2.05, 4.69) is 12.2 Å². The molecule has 0 unspecified atom stereocenters. The quantitative estimate of drug-likeness (QED) is 0.790. The highest BCUT2D eigenvalue weighted by Gasteiger charge is 2.17. The zero-order chi connectivity index (χ0) is 14.4. The molecular formula is C17H26FNO. The zero-order valence-corrected chi connectivity index (χ0v) is 12.6. The SMILES string of the molecule is COc1ccc(CNCCC2CCC(C)CC2)c(F)c1. The van der Waals surface area contributed by atoms with Gasteiger partial charge in [-0.2, -0.15) is 0 Å². The van der Waals surface area contributed by atoms with Gasteiger partial charge in [0.05, 0.1) is 7.11 Å². The van der Waals surface area contributed by atoms with Crippen LogP contribution in [0.3, 0.4) is 0 Å². The van der Waals surface area contributed by atoms with Crippen molar-refractivity contribution in [2.24, 2.45) is 11.8 Å². The van der Waals surface area contributed by atoms with Crippen molar-refractivity contribution in [3.8, 4) is 5.75 Å². The van der Waals surface area contributed by atoms with Gasteiger partial charge in [0.25, 0.3) is 0 Å². The molecule has 1 aromatic carbocycles. The standard InChI is InChI=1S/C17H26FNO/c1-13-3-5-14(6-4-13)9-10-19-12-15-7-8-16(20-2)11-17(15)18/h7-8,11,13-14,19H,3-6,9-10,12H2,1-2H3. The minimum Gasteiger partial charge on any atom is -0.497 e. The van der Waals surface area contributed by atoms with E-state index in [1.807, 2.05) is 6.07 Å². The lowest BCUT2D eigenvalue weighted by molar-refractivity contribution is 0.275. The summed E-state index contributed by atoms with van der Waals surface area (Å²) in [6.45, 7) is 3.92. The van der Waals surface area contributed by atoms with Gasteiger partial charge in [-0.05, 0) is 30.9 Å².